The fraction of sp³-hybridized carbons (Fsp3) is 0.947. The molecule has 0 saturated carbocycles. The Morgan fingerprint density at radius 2 is 2.04 bits per heavy atom. The van der Waals surface area contributed by atoms with Crippen LogP contribution >= 0.6 is 0 Å². The highest BCUT2D eigenvalue weighted by atomic mass is 15.2. The Balaban J connectivity index is 2.23. The first kappa shape index (κ1) is 21.2. The first-order valence-corrected chi connectivity index (χ1v) is 10.0. The van der Waals surface area contributed by atoms with Crippen LogP contribution in [0.3, 0.4) is 0 Å². The minimum absolute atomic E-state index is 0.463. The van der Waals surface area contributed by atoms with Gasteiger partial charge in [-0.15, -0.1) is 0 Å². The van der Waals surface area contributed by atoms with Crippen LogP contribution in [0.2, 0.25) is 0 Å². The summed E-state index contributed by atoms with van der Waals surface area (Å²) in [4.78, 5) is 9.44. The molecule has 2 unspecified atom stereocenters. The van der Waals surface area contributed by atoms with Crippen LogP contribution in [0.5, 0.6) is 0 Å². The summed E-state index contributed by atoms with van der Waals surface area (Å²) >= 11 is 0. The Morgan fingerprint density at radius 1 is 1.29 bits per heavy atom. The van der Waals surface area contributed by atoms with E-state index < -0.39 is 0 Å². The molecule has 142 valence electrons. The topological polar surface area (TPSA) is 42.9 Å². The number of hydrogen-bond donors (Lipinski definition) is 2. The van der Waals surface area contributed by atoms with E-state index in [2.05, 4.69) is 53.1 Å². The second-order valence-corrected chi connectivity index (χ2v) is 7.07. The molecule has 1 fully saturated rings. The molecule has 1 heterocycles. The molecule has 0 bridgehead atoms. The zero-order valence-electron chi connectivity index (χ0n) is 16.8. The summed E-state index contributed by atoms with van der Waals surface area (Å²) in [5, 5.41) is 7.09. The van der Waals surface area contributed by atoms with E-state index >= 15 is 0 Å². The number of piperidine rings is 1. The van der Waals surface area contributed by atoms with Gasteiger partial charge in [0.15, 0.2) is 5.96 Å². The molecule has 2 N–H and O–H groups in total. The van der Waals surface area contributed by atoms with Gasteiger partial charge in [-0.1, -0.05) is 20.8 Å². The largest absolute Gasteiger partial charge is 0.356 e. The molecule has 0 spiro atoms. The lowest BCUT2D eigenvalue weighted by Gasteiger charge is -2.32. The molecule has 1 aliphatic rings. The minimum atomic E-state index is 0.463. The number of aliphatic imine (C=N–C) groups is 1. The van der Waals surface area contributed by atoms with E-state index in [-0.39, 0.29) is 0 Å². The van der Waals surface area contributed by atoms with Gasteiger partial charge in [-0.25, -0.2) is 0 Å². The Morgan fingerprint density at radius 3 is 2.67 bits per heavy atom. The lowest BCUT2D eigenvalue weighted by atomic mass is 9.98. The summed E-state index contributed by atoms with van der Waals surface area (Å²) < 4.78 is 0. The summed E-state index contributed by atoms with van der Waals surface area (Å²) in [5.41, 5.74) is 0. The van der Waals surface area contributed by atoms with Crippen LogP contribution in [0.25, 0.3) is 0 Å². The van der Waals surface area contributed by atoms with Gasteiger partial charge in [0, 0.05) is 26.2 Å². The van der Waals surface area contributed by atoms with Crippen LogP contribution in [0.1, 0.15) is 53.4 Å². The lowest BCUT2D eigenvalue weighted by Crippen LogP contribution is -2.46. The van der Waals surface area contributed by atoms with Gasteiger partial charge in [0.2, 0.25) is 0 Å². The standard InChI is InChI=1S/C19H41N5/c1-6-23(7-2)13-9-11-17(4)22-19(20-5)21-15-18-12-10-14-24(8-3)16-18/h17-18H,6-16H2,1-5H3,(H2,20,21,22). The summed E-state index contributed by atoms with van der Waals surface area (Å²) in [6, 6.07) is 0.463. The average Bonchev–Trinajstić information content (AvgIpc) is 2.62. The van der Waals surface area contributed by atoms with E-state index in [0.29, 0.717) is 6.04 Å². The summed E-state index contributed by atoms with van der Waals surface area (Å²) in [7, 11) is 1.87. The number of nitrogens with zero attached hydrogens (tertiary/aromatic N) is 3. The third-order valence-electron chi connectivity index (χ3n) is 5.22. The highest BCUT2D eigenvalue weighted by molar-refractivity contribution is 5.79. The third kappa shape index (κ3) is 8.34. The first-order chi connectivity index (χ1) is 11.6. The van der Waals surface area contributed by atoms with Crippen molar-refractivity contribution in [2.75, 3.05) is 52.9 Å². The molecule has 0 aromatic rings. The SMILES string of the molecule is CCN(CC)CCCC(C)NC(=NC)NCC1CCCN(CC)C1. The Hall–Kier alpha value is -0.810. The van der Waals surface area contributed by atoms with Crippen LogP contribution < -0.4 is 10.6 Å². The monoisotopic (exact) mass is 339 g/mol. The molecular formula is C19H41N5. The van der Waals surface area contributed by atoms with Gasteiger partial charge < -0.3 is 20.4 Å². The molecular weight excluding hydrogens is 298 g/mol. The summed E-state index contributed by atoms with van der Waals surface area (Å²) in [6.07, 6.45) is 5.08. The van der Waals surface area contributed by atoms with E-state index in [4.69, 9.17) is 0 Å². The highest BCUT2D eigenvalue weighted by Crippen LogP contribution is 2.15. The average molecular weight is 340 g/mol. The van der Waals surface area contributed by atoms with E-state index in [1.165, 1.54) is 51.9 Å². The fourth-order valence-corrected chi connectivity index (χ4v) is 3.51. The normalized spacial score (nSPS) is 21.1. The molecule has 1 aliphatic heterocycles. The van der Waals surface area contributed by atoms with Crippen molar-refractivity contribution in [1.82, 2.24) is 20.4 Å². The van der Waals surface area contributed by atoms with Crippen molar-refractivity contribution in [3.63, 3.8) is 0 Å². The second kappa shape index (κ2) is 12.5. The Bertz CT molecular complexity index is 341. The molecule has 5 nitrogen and oxygen atoms in total. The van der Waals surface area contributed by atoms with Crippen molar-refractivity contribution in [1.29, 1.82) is 0 Å². The second-order valence-electron chi connectivity index (χ2n) is 7.07. The number of nitrogens with one attached hydrogen (secondary N) is 2. The molecule has 0 aromatic heterocycles. The van der Waals surface area contributed by atoms with E-state index in [1.54, 1.807) is 0 Å². The summed E-state index contributed by atoms with van der Waals surface area (Å²) in [5.74, 6) is 1.70. The molecule has 0 radical (unpaired) electrons. The van der Waals surface area contributed by atoms with Gasteiger partial charge in [0.05, 0.1) is 0 Å². The minimum Gasteiger partial charge on any atom is -0.356 e. The van der Waals surface area contributed by atoms with Gasteiger partial charge in [-0.2, -0.15) is 0 Å². The predicted octanol–water partition coefficient (Wildman–Crippen LogP) is 2.39. The van der Waals surface area contributed by atoms with Gasteiger partial charge in [-0.3, -0.25) is 4.99 Å². The van der Waals surface area contributed by atoms with Crippen LogP contribution in [-0.2, 0) is 0 Å². The third-order valence-corrected chi connectivity index (χ3v) is 5.22. The molecule has 0 aliphatic carbocycles. The van der Waals surface area contributed by atoms with Crippen molar-refractivity contribution >= 4 is 5.96 Å². The van der Waals surface area contributed by atoms with Crippen LogP contribution in [0, 0.1) is 5.92 Å². The van der Waals surface area contributed by atoms with Crippen molar-refractivity contribution in [2.24, 2.45) is 10.9 Å². The van der Waals surface area contributed by atoms with Crippen LogP contribution in [0.15, 0.2) is 4.99 Å². The van der Waals surface area contributed by atoms with Crippen LogP contribution in [-0.4, -0.2) is 74.7 Å². The number of rotatable bonds is 10. The molecule has 24 heavy (non-hydrogen) atoms. The summed E-state index contributed by atoms with van der Waals surface area (Å²) in [6.45, 7) is 17.2. The van der Waals surface area contributed by atoms with Crippen LogP contribution in [0.4, 0.5) is 0 Å². The molecule has 0 aromatic carbocycles. The smallest absolute Gasteiger partial charge is 0.191 e. The van der Waals surface area contributed by atoms with Gasteiger partial charge in [0.1, 0.15) is 0 Å². The van der Waals surface area contributed by atoms with Crippen molar-refractivity contribution < 1.29 is 0 Å². The van der Waals surface area contributed by atoms with Crippen molar-refractivity contribution in [3.05, 3.63) is 0 Å². The molecule has 1 rings (SSSR count). The lowest BCUT2D eigenvalue weighted by molar-refractivity contribution is 0.183. The number of hydrogen-bond acceptors (Lipinski definition) is 3. The highest BCUT2D eigenvalue weighted by Gasteiger charge is 2.19. The number of likely N-dealkylation sites (tertiary alicyclic amines) is 1. The molecule has 0 amide bonds. The zero-order chi connectivity index (χ0) is 17.8. The maximum absolute atomic E-state index is 4.40. The molecule has 2 atom stereocenters. The van der Waals surface area contributed by atoms with Crippen molar-refractivity contribution in [2.45, 2.75) is 59.4 Å². The first-order valence-electron chi connectivity index (χ1n) is 10.0. The maximum Gasteiger partial charge on any atom is 0.191 e. The Labute approximate surface area is 150 Å². The van der Waals surface area contributed by atoms with E-state index in [0.717, 1.165) is 31.5 Å². The van der Waals surface area contributed by atoms with E-state index in [1.807, 2.05) is 7.05 Å². The van der Waals surface area contributed by atoms with E-state index in [9.17, 15) is 0 Å². The van der Waals surface area contributed by atoms with Crippen molar-refractivity contribution in [3.8, 4) is 0 Å². The zero-order valence-corrected chi connectivity index (χ0v) is 16.8. The number of guanidine groups is 1. The van der Waals surface area contributed by atoms with Gasteiger partial charge in [0.25, 0.3) is 0 Å². The van der Waals surface area contributed by atoms with Gasteiger partial charge in [-0.05, 0) is 71.2 Å². The fourth-order valence-electron chi connectivity index (χ4n) is 3.51. The van der Waals surface area contributed by atoms with Gasteiger partial charge >= 0.3 is 0 Å². The molecule has 5 heteroatoms. The predicted molar refractivity (Wildman–Crippen MR) is 106 cm³/mol. The Kier molecular flexibility index (Phi) is 11.1. The quantitative estimate of drug-likeness (QED) is 0.474. The maximum atomic E-state index is 4.40. The molecule has 1 saturated heterocycles.